The molecule has 1 amide bonds. The maximum Gasteiger partial charge on any atom is 0.407 e. The molecule has 92 heavy (non-hydrogen) atoms. The number of piperazine rings is 1. The van der Waals surface area contributed by atoms with Crippen molar-refractivity contribution in [3.05, 3.63) is 41.2 Å². The van der Waals surface area contributed by atoms with Gasteiger partial charge in [0.2, 0.25) is 0 Å². The minimum atomic E-state index is -0.688. The third-order valence-electron chi connectivity index (χ3n) is 21.7. The average molecular weight is 1290 g/mol. The van der Waals surface area contributed by atoms with Crippen LogP contribution in [0.25, 0.3) is 21.9 Å². The van der Waals surface area contributed by atoms with Gasteiger partial charge in [0.25, 0.3) is 0 Å². The number of anilines is 1. The first-order valence-corrected chi connectivity index (χ1v) is 36.2. The molecule has 8 atom stereocenters. The van der Waals surface area contributed by atoms with E-state index in [-0.39, 0.29) is 30.8 Å². The van der Waals surface area contributed by atoms with Gasteiger partial charge >= 0.3 is 6.09 Å². The number of rotatable bonds is 45. The molecule has 1 aliphatic heterocycles. The number of carbonyl (C=O) groups is 1. The highest BCUT2D eigenvalue weighted by Crippen LogP contribution is 2.67. The number of hydrogen-bond acceptors (Lipinski definition) is 17. The van der Waals surface area contributed by atoms with Gasteiger partial charge in [-0.1, -0.05) is 97.9 Å². The second-order valence-electron chi connectivity index (χ2n) is 28.9. The first kappa shape index (κ1) is 74.2. The Labute approximate surface area is 552 Å². The first-order chi connectivity index (χ1) is 44.7. The number of nitrogens with zero attached hydrogens (tertiary/aromatic N) is 5. The third-order valence-corrected chi connectivity index (χ3v) is 21.7. The summed E-state index contributed by atoms with van der Waals surface area (Å²) in [5, 5.41) is 24.2. The highest BCUT2D eigenvalue weighted by atomic mass is 16.6. The summed E-state index contributed by atoms with van der Waals surface area (Å²) < 4.78 is 53.5. The van der Waals surface area contributed by atoms with E-state index in [1.165, 1.54) is 56.9 Å². The van der Waals surface area contributed by atoms with Crippen molar-refractivity contribution in [1.29, 1.82) is 0 Å². The standard InChI is InChI=1S/C73H123N7O12/c1-8-9-16-66-77-67-68(80(66)52-71(5,53-81)54-82)61-19-17-57(50-65(61)76-69(67)74)15-11-28-78-30-32-79(33-31-78)29-12-34-84-36-38-86-40-42-88-44-46-90-48-49-91-47-45-89-43-41-87-39-37-85-35-27-75-70(83)92-59-23-25-72(6)58(51-59)18-20-60-63-22-21-62(56(4)14-10-13-55(2)3)73(63,7)26-24-64(60)72/h17-19,50,55-56,59-60,62-64,81-82H,8-16,20-49,51-54H2,1-7H3,(H2,74,76)(H,75,83)/t56-,59+,60+,62-,63+,64+,72+,73-/m1/s1. The van der Waals surface area contributed by atoms with Gasteiger partial charge in [0.05, 0.1) is 123 Å². The number of aromatic nitrogens is 3. The van der Waals surface area contributed by atoms with Gasteiger partial charge in [-0.05, 0) is 135 Å². The van der Waals surface area contributed by atoms with Crippen molar-refractivity contribution >= 4 is 33.8 Å². The number of pyridine rings is 1. The van der Waals surface area contributed by atoms with Crippen LogP contribution in [0.15, 0.2) is 29.8 Å². The molecule has 1 aromatic carbocycles. The van der Waals surface area contributed by atoms with E-state index in [0.29, 0.717) is 129 Å². The Kier molecular flexibility index (Phi) is 31.0. The topological polar surface area (TPSA) is 216 Å². The lowest BCUT2D eigenvalue weighted by Gasteiger charge is -2.58. The van der Waals surface area contributed by atoms with Crippen molar-refractivity contribution in [2.45, 2.75) is 170 Å². The number of allylic oxidation sites excluding steroid dienone is 1. The van der Waals surface area contributed by atoms with Gasteiger partial charge in [-0.3, -0.25) is 0 Å². The van der Waals surface area contributed by atoms with Gasteiger partial charge in [0.1, 0.15) is 17.4 Å². The monoisotopic (exact) mass is 1290 g/mol. The maximum absolute atomic E-state index is 12.8. The van der Waals surface area contributed by atoms with Gasteiger partial charge in [0, 0.05) is 76.1 Å². The predicted octanol–water partition coefficient (Wildman–Crippen LogP) is 10.7. The Bertz CT molecular complexity index is 2650. The van der Waals surface area contributed by atoms with E-state index in [0.717, 1.165) is 161 Å². The number of carbonyl (C=O) groups excluding carboxylic acids is 1. The van der Waals surface area contributed by atoms with Crippen LogP contribution in [0.5, 0.6) is 0 Å². The molecule has 19 nitrogen and oxygen atoms in total. The van der Waals surface area contributed by atoms with Gasteiger partial charge in [-0.25, -0.2) is 14.8 Å². The fourth-order valence-corrected chi connectivity index (χ4v) is 16.3. The number of imidazole rings is 1. The fourth-order valence-electron chi connectivity index (χ4n) is 16.3. The number of ether oxygens (including phenoxy) is 9. The summed E-state index contributed by atoms with van der Waals surface area (Å²) in [5.74, 6) is 6.28. The molecule has 522 valence electrons. The zero-order valence-corrected chi connectivity index (χ0v) is 58.0. The van der Waals surface area contributed by atoms with Crippen LogP contribution in [0.2, 0.25) is 0 Å². The molecule has 0 radical (unpaired) electrons. The summed E-state index contributed by atoms with van der Waals surface area (Å²) in [7, 11) is 0. The third kappa shape index (κ3) is 21.5. The number of nitrogens with two attached hydrogens (primary N) is 1. The zero-order chi connectivity index (χ0) is 65.2. The number of aliphatic hydroxyl groups is 2. The quantitative estimate of drug-likeness (QED) is 0.0306. The number of amides is 1. The Morgan fingerprint density at radius 1 is 0.707 bits per heavy atom. The molecule has 4 aliphatic carbocycles. The molecular formula is C73H123N7O12. The lowest BCUT2D eigenvalue weighted by atomic mass is 9.47. The van der Waals surface area contributed by atoms with Crippen LogP contribution in [0.3, 0.4) is 0 Å². The number of nitrogens with one attached hydrogen (secondary N) is 1. The van der Waals surface area contributed by atoms with Crippen molar-refractivity contribution in [2.24, 2.45) is 51.8 Å². The van der Waals surface area contributed by atoms with E-state index < -0.39 is 5.41 Å². The molecule has 0 bridgehead atoms. The van der Waals surface area contributed by atoms with E-state index in [1.807, 2.05) is 6.92 Å². The van der Waals surface area contributed by atoms with Crippen LogP contribution < -0.4 is 11.1 Å². The summed E-state index contributed by atoms with van der Waals surface area (Å²) >= 11 is 0. The SMILES string of the molecule is CCCCc1nc2c(N)nc3cc(CCCN4CCN(CCCOCCOCCOCCOCCOCCOCCOCCOCCNC(=O)O[C@H]5CC[C@@]6(C)C(=CC[C@H]7[C@@H]8CC[C@H]([C@H](C)CCCC(C)C)[C@@]8(C)CC[C@@H]76)C5)CC4)ccc3c2n1CC(C)(CO)CO. The Morgan fingerprint density at radius 2 is 1.30 bits per heavy atom. The summed E-state index contributed by atoms with van der Waals surface area (Å²) in [4.78, 5) is 27.6. The molecule has 5 N–H and O–H groups in total. The van der Waals surface area contributed by atoms with Crippen LogP contribution in [-0.2, 0) is 62.0 Å². The van der Waals surface area contributed by atoms with Gasteiger partial charge in [-0.2, -0.15) is 0 Å². The number of unbranched alkanes of at least 4 members (excludes halogenated alkanes) is 1. The van der Waals surface area contributed by atoms with E-state index >= 15 is 0 Å². The second kappa shape index (κ2) is 38.4. The van der Waals surface area contributed by atoms with Crippen molar-refractivity contribution < 1.29 is 57.6 Å². The normalized spacial score (nSPS) is 24.1. The molecule has 0 spiro atoms. The predicted molar refractivity (Wildman–Crippen MR) is 364 cm³/mol. The smallest absolute Gasteiger partial charge is 0.407 e. The largest absolute Gasteiger partial charge is 0.446 e. The van der Waals surface area contributed by atoms with E-state index in [2.05, 4.69) is 85.5 Å². The molecule has 3 saturated carbocycles. The molecule has 3 aromatic rings. The molecule has 3 heterocycles. The summed E-state index contributed by atoms with van der Waals surface area (Å²) in [6, 6.07) is 6.51. The fraction of sp³-hybridized carbons (Fsp3) is 0.822. The number of nitrogen functional groups attached to an aromatic ring is 1. The van der Waals surface area contributed by atoms with Crippen LogP contribution in [0, 0.1) is 51.8 Å². The first-order valence-electron chi connectivity index (χ1n) is 36.2. The zero-order valence-electron chi connectivity index (χ0n) is 58.0. The number of hydrogen-bond donors (Lipinski definition) is 4. The van der Waals surface area contributed by atoms with Crippen molar-refractivity contribution in [1.82, 2.24) is 29.7 Å². The van der Waals surface area contributed by atoms with Gasteiger partial charge < -0.3 is 78.3 Å². The van der Waals surface area contributed by atoms with Gasteiger partial charge in [-0.15, -0.1) is 0 Å². The summed E-state index contributed by atoms with van der Waals surface area (Å²) in [6.07, 6.45) is 21.9. The number of fused-ring (bicyclic) bond motifs is 8. The van der Waals surface area contributed by atoms with E-state index in [1.54, 1.807) is 5.57 Å². The van der Waals surface area contributed by atoms with Gasteiger partial charge in [0.15, 0.2) is 5.82 Å². The van der Waals surface area contributed by atoms with Crippen LogP contribution in [0.1, 0.15) is 156 Å². The minimum absolute atomic E-state index is 0.0564. The molecular weight excluding hydrogens is 1170 g/mol. The summed E-state index contributed by atoms with van der Waals surface area (Å²) in [6.45, 7) is 31.7. The van der Waals surface area contributed by atoms with E-state index in [4.69, 9.17) is 58.3 Å². The average Bonchev–Trinajstić information content (AvgIpc) is 1.37. The number of aryl methyl sites for hydroxylation is 2. The lowest BCUT2D eigenvalue weighted by Crippen LogP contribution is -2.51. The molecule has 4 fully saturated rings. The molecule has 0 unspecified atom stereocenters. The number of alkyl carbamates (subject to hydrolysis) is 1. The molecule has 19 heteroatoms. The van der Waals surface area contributed by atoms with Crippen LogP contribution in [-0.4, -0.2) is 211 Å². The Hall–Kier alpha value is -3.57. The van der Waals surface area contributed by atoms with Crippen LogP contribution in [0.4, 0.5) is 10.6 Å². The highest BCUT2D eigenvalue weighted by molar-refractivity contribution is 6.06. The molecule has 5 aliphatic rings. The number of aliphatic hydroxyl groups excluding tert-OH is 2. The maximum atomic E-state index is 12.8. The molecule has 8 rings (SSSR count). The van der Waals surface area contributed by atoms with Crippen molar-refractivity contribution in [3.8, 4) is 0 Å². The molecule has 1 saturated heterocycles. The Morgan fingerprint density at radius 3 is 1.90 bits per heavy atom. The van der Waals surface area contributed by atoms with Crippen molar-refractivity contribution in [2.75, 3.05) is 170 Å². The number of benzene rings is 1. The van der Waals surface area contributed by atoms with Crippen LogP contribution >= 0.6 is 0 Å². The highest BCUT2D eigenvalue weighted by Gasteiger charge is 2.59. The molecule has 2 aromatic heterocycles. The Balaban J connectivity index is 0.535. The lowest BCUT2D eigenvalue weighted by molar-refractivity contribution is -0.0581. The van der Waals surface area contributed by atoms with Crippen molar-refractivity contribution in [3.63, 3.8) is 0 Å². The van der Waals surface area contributed by atoms with E-state index in [9.17, 15) is 15.0 Å². The minimum Gasteiger partial charge on any atom is -0.446 e. The summed E-state index contributed by atoms with van der Waals surface area (Å²) in [5.41, 5.74) is 11.9. The second-order valence-corrected chi connectivity index (χ2v) is 28.9.